The molecule has 1 heterocycles. The van der Waals surface area contributed by atoms with Crippen LogP contribution in [0.25, 0.3) is 0 Å². The van der Waals surface area contributed by atoms with Gasteiger partial charge in [-0.15, -0.1) is 0 Å². The fourth-order valence-electron chi connectivity index (χ4n) is 0.743. The van der Waals surface area contributed by atoms with Crippen LogP contribution >= 0.6 is 0 Å². The van der Waals surface area contributed by atoms with Gasteiger partial charge in [0, 0.05) is 6.07 Å². The van der Waals surface area contributed by atoms with Crippen LogP contribution in [0.2, 0.25) is 0 Å². The van der Waals surface area contributed by atoms with E-state index in [4.69, 9.17) is 15.3 Å². The first-order valence-electron chi connectivity index (χ1n) is 3.28. The van der Waals surface area contributed by atoms with Gasteiger partial charge in [0.05, 0.1) is 6.04 Å². The van der Waals surface area contributed by atoms with Gasteiger partial charge < -0.3 is 15.3 Å². The van der Waals surface area contributed by atoms with Gasteiger partial charge in [-0.25, -0.2) is 0 Å². The van der Waals surface area contributed by atoms with Crippen LogP contribution in [-0.4, -0.2) is 5.11 Å². The van der Waals surface area contributed by atoms with Crippen molar-refractivity contribution in [2.45, 2.75) is 19.4 Å². The molecule has 0 aromatic carbocycles. The average molecular weight is 141 g/mol. The molecular weight excluding hydrogens is 130 g/mol. The van der Waals surface area contributed by atoms with Crippen LogP contribution in [0.15, 0.2) is 16.5 Å². The Labute approximate surface area is 59.5 Å². The van der Waals surface area contributed by atoms with Gasteiger partial charge in [-0.05, 0) is 12.5 Å². The smallest absolute Gasteiger partial charge is 0.281 e. The summed E-state index contributed by atoms with van der Waals surface area (Å²) in [6.07, 6.45) is 0.812. The highest BCUT2D eigenvalue weighted by molar-refractivity contribution is 5.12. The van der Waals surface area contributed by atoms with Crippen LogP contribution in [0.4, 0.5) is 0 Å². The van der Waals surface area contributed by atoms with Crippen LogP contribution < -0.4 is 5.73 Å². The Hall–Kier alpha value is -0.960. The Balaban J connectivity index is 2.74. The molecular formula is C7H11NO2. The van der Waals surface area contributed by atoms with E-state index >= 15 is 0 Å². The van der Waals surface area contributed by atoms with Crippen molar-refractivity contribution in [3.8, 4) is 5.95 Å². The highest BCUT2D eigenvalue weighted by atomic mass is 16.5. The van der Waals surface area contributed by atoms with Crippen molar-refractivity contribution in [1.29, 1.82) is 0 Å². The SMILES string of the molecule is CCC(N)c1ccc(O)o1. The fraction of sp³-hybridized carbons (Fsp3) is 0.429. The maximum absolute atomic E-state index is 8.78. The number of hydrogen-bond acceptors (Lipinski definition) is 3. The first kappa shape index (κ1) is 7.15. The number of rotatable bonds is 2. The van der Waals surface area contributed by atoms with E-state index in [1.807, 2.05) is 6.92 Å². The summed E-state index contributed by atoms with van der Waals surface area (Å²) in [6.45, 7) is 1.96. The van der Waals surface area contributed by atoms with Crippen molar-refractivity contribution in [1.82, 2.24) is 0 Å². The van der Waals surface area contributed by atoms with Crippen LogP contribution in [0, 0.1) is 0 Å². The van der Waals surface area contributed by atoms with Crippen molar-refractivity contribution in [2.24, 2.45) is 5.73 Å². The zero-order valence-electron chi connectivity index (χ0n) is 5.87. The van der Waals surface area contributed by atoms with Crippen LogP contribution in [0.1, 0.15) is 25.1 Å². The minimum absolute atomic E-state index is 0.0705. The quantitative estimate of drug-likeness (QED) is 0.654. The Morgan fingerprint density at radius 3 is 2.80 bits per heavy atom. The number of nitrogens with two attached hydrogens (primary N) is 1. The maximum atomic E-state index is 8.78. The van der Waals surface area contributed by atoms with Gasteiger partial charge in [0.15, 0.2) is 0 Å². The molecule has 1 unspecified atom stereocenters. The predicted octanol–water partition coefficient (Wildman–Crippen LogP) is 1.40. The summed E-state index contributed by atoms with van der Waals surface area (Å²) in [5.74, 6) is 0.568. The van der Waals surface area contributed by atoms with Crippen molar-refractivity contribution >= 4 is 0 Å². The van der Waals surface area contributed by atoms with E-state index in [2.05, 4.69) is 0 Å². The van der Waals surface area contributed by atoms with Gasteiger partial charge in [-0.1, -0.05) is 6.92 Å². The third-order valence-corrected chi connectivity index (χ3v) is 1.42. The van der Waals surface area contributed by atoms with Crippen LogP contribution in [0.3, 0.4) is 0 Å². The summed E-state index contributed by atoms with van der Waals surface area (Å²) in [7, 11) is 0. The van der Waals surface area contributed by atoms with E-state index in [0.29, 0.717) is 5.76 Å². The normalized spacial score (nSPS) is 13.4. The standard InChI is InChI=1S/C7H11NO2/c1-2-5(8)6-3-4-7(9)10-6/h3-5,9H,2,8H2,1H3. The monoisotopic (exact) mass is 141 g/mol. The molecule has 0 bridgehead atoms. The summed E-state index contributed by atoms with van der Waals surface area (Å²) >= 11 is 0. The minimum Gasteiger partial charge on any atom is -0.481 e. The molecule has 3 N–H and O–H groups in total. The average Bonchev–Trinajstić information content (AvgIpc) is 2.34. The lowest BCUT2D eigenvalue weighted by molar-refractivity contribution is 0.309. The first-order valence-corrected chi connectivity index (χ1v) is 3.28. The lowest BCUT2D eigenvalue weighted by atomic mass is 10.2. The van der Waals surface area contributed by atoms with Gasteiger partial charge in [0.25, 0.3) is 5.95 Å². The molecule has 3 nitrogen and oxygen atoms in total. The van der Waals surface area contributed by atoms with Crippen LogP contribution in [0.5, 0.6) is 5.95 Å². The summed E-state index contributed by atoms with van der Waals surface area (Å²) < 4.78 is 4.87. The zero-order chi connectivity index (χ0) is 7.56. The molecule has 1 rings (SSSR count). The predicted molar refractivity (Wildman–Crippen MR) is 37.6 cm³/mol. The Kier molecular flexibility index (Phi) is 1.97. The number of furan rings is 1. The molecule has 0 radical (unpaired) electrons. The largest absolute Gasteiger partial charge is 0.481 e. The highest BCUT2D eigenvalue weighted by Crippen LogP contribution is 2.20. The summed E-state index contributed by atoms with van der Waals surface area (Å²) in [5.41, 5.74) is 5.60. The second-order valence-corrected chi connectivity index (χ2v) is 2.19. The maximum Gasteiger partial charge on any atom is 0.281 e. The van der Waals surface area contributed by atoms with E-state index in [9.17, 15) is 0 Å². The zero-order valence-corrected chi connectivity index (χ0v) is 5.87. The molecule has 10 heavy (non-hydrogen) atoms. The van der Waals surface area contributed by atoms with Crippen molar-refractivity contribution in [2.75, 3.05) is 0 Å². The molecule has 1 atom stereocenters. The summed E-state index contributed by atoms with van der Waals surface area (Å²) in [4.78, 5) is 0. The summed E-state index contributed by atoms with van der Waals surface area (Å²) in [5, 5.41) is 8.78. The van der Waals surface area contributed by atoms with Crippen molar-refractivity contribution in [3.63, 3.8) is 0 Å². The minimum atomic E-state index is -0.0964. The van der Waals surface area contributed by atoms with E-state index < -0.39 is 0 Å². The number of hydrogen-bond donors (Lipinski definition) is 2. The second kappa shape index (κ2) is 2.75. The molecule has 0 spiro atoms. The highest BCUT2D eigenvalue weighted by Gasteiger charge is 2.06. The summed E-state index contributed by atoms with van der Waals surface area (Å²) in [6, 6.07) is 3.08. The molecule has 0 saturated carbocycles. The molecule has 0 aliphatic heterocycles. The van der Waals surface area contributed by atoms with E-state index in [1.165, 1.54) is 6.07 Å². The van der Waals surface area contributed by atoms with Gasteiger partial charge in [0.2, 0.25) is 0 Å². The van der Waals surface area contributed by atoms with Gasteiger partial charge >= 0.3 is 0 Å². The molecule has 56 valence electrons. The topological polar surface area (TPSA) is 59.4 Å². The third-order valence-electron chi connectivity index (χ3n) is 1.42. The first-order chi connectivity index (χ1) is 4.74. The number of aromatic hydroxyl groups is 1. The van der Waals surface area contributed by atoms with Gasteiger partial charge in [0.1, 0.15) is 5.76 Å². The molecule has 0 amide bonds. The molecule has 0 aliphatic carbocycles. The van der Waals surface area contributed by atoms with Crippen molar-refractivity contribution < 1.29 is 9.52 Å². The van der Waals surface area contributed by atoms with Gasteiger partial charge in [-0.2, -0.15) is 0 Å². The molecule has 0 aliphatic rings. The Morgan fingerprint density at radius 2 is 2.40 bits per heavy atom. The lowest BCUT2D eigenvalue weighted by Gasteiger charge is -2.01. The molecule has 0 fully saturated rings. The van der Waals surface area contributed by atoms with Gasteiger partial charge in [-0.3, -0.25) is 0 Å². The van der Waals surface area contributed by atoms with E-state index in [-0.39, 0.29) is 12.0 Å². The molecule has 1 aromatic heterocycles. The van der Waals surface area contributed by atoms with E-state index in [0.717, 1.165) is 6.42 Å². The second-order valence-electron chi connectivity index (χ2n) is 2.19. The Bertz CT molecular complexity index is 207. The van der Waals surface area contributed by atoms with Crippen LogP contribution in [-0.2, 0) is 0 Å². The molecule has 3 heteroatoms. The fourth-order valence-corrected chi connectivity index (χ4v) is 0.743. The lowest BCUT2D eigenvalue weighted by Crippen LogP contribution is -2.06. The van der Waals surface area contributed by atoms with Crippen molar-refractivity contribution in [3.05, 3.63) is 17.9 Å². The molecule has 0 saturated heterocycles. The third kappa shape index (κ3) is 1.30. The van der Waals surface area contributed by atoms with E-state index in [1.54, 1.807) is 6.07 Å². The Morgan fingerprint density at radius 1 is 1.70 bits per heavy atom. The molecule has 1 aromatic rings.